The largest absolute Gasteiger partial charge is 0.384 e. The van der Waals surface area contributed by atoms with Crippen molar-refractivity contribution >= 4 is 0 Å². The molecule has 0 saturated heterocycles. The van der Waals surface area contributed by atoms with Crippen molar-refractivity contribution in [1.82, 2.24) is 0 Å². The second-order valence-corrected chi connectivity index (χ2v) is 4.38. The lowest BCUT2D eigenvalue weighted by atomic mass is 9.70. The second-order valence-electron chi connectivity index (χ2n) is 4.38. The summed E-state index contributed by atoms with van der Waals surface area (Å²) in [6.45, 7) is 5.06. The van der Waals surface area contributed by atoms with E-state index < -0.39 is 16.8 Å². The summed E-state index contributed by atoms with van der Waals surface area (Å²) in [6, 6.07) is 7.87. The molecule has 0 amide bonds. The lowest BCUT2D eigenvalue weighted by Gasteiger charge is -2.37. The van der Waals surface area contributed by atoms with Gasteiger partial charge in [0, 0.05) is 0 Å². The molecule has 1 rings (SSSR count). The summed E-state index contributed by atoms with van der Waals surface area (Å²) in [7, 11) is 0. The Labute approximate surface area is 95.3 Å². The molecule has 0 aliphatic rings. The van der Waals surface area contributed by atoms with Crippen LogP contribution in [-0.4, -0.2) is 5.11 Å². The molecule has 0 aliphatic heterocycles. The van der Waals surface area contributed by atoms with Crippen molar-refractivity contribution in [2.45, 2.75) is 32.8 Å². The molecular weight excluding hydrogens is 205 g/mol. The summed E-state index contributed by atoms with van der Waals surface area (Å²) < 4.78 is 13.1. The van der Waals surface area contributed by atoms with Crippen LogP contribution in [0.1, 0.15) is 32.8 Å². The zero-order valence-electron chi connectivity index (χ0n) is 9.79. The Morgan fingerprint density at radius 2 is 2.06 bits per heavy atom. The molecule has 2 nitrogen and oxygen atoms in total. The highest BCUT2D eigenvalue weighted by atomic mass is 19.1. The van der Waals surface area contributed by atoms with Crippen LogP contribution in [0.25, 0.3) is 0 Å². The maximum Gasteiger partial charge on any atom is 0.123 e. The molecule has 86 valence electrons. The topological polar surface area (TPSA) is 44.0 Å². The fraction of sp³-hybridized carbons (Fsp3) is 0.462. The third-order valence-corrected chi connectivity index (χ3v) is 3.42. The van der Waals surface area contributed by atoms with E-state index >= 15 is 0 Å². The Bertz CT molecular complexity index is 422. The molecule has 16 heavy (non-hydrogen) atoms. The number of nitriles is 1. The highest BCUT2D eigenvalue weighted by molar-refractivity contribution is 5.27. The Morgan fingerprint density at radius 3 is 2.50 bits per heavy atom. The van der Waals surface area contributed by atoms with Crippen LogP contribution in [0.3, 0.4) is 0 Å². The van der Waals surface area contributed by atoms with Crippen LogP contribution in [0.4, 0.5) is 4.39 Å². The molecular formula is C13H16FNO. The van der Waals surface area contributed by atoms with Gasteiger partial charge < -0.3 is 5.11 Å². The lowest BCUT2D eigenvalue weighted by Crippen LogP contribution is -2.40. The van der Waals surface area contributed by atoms with Crippen molar-refractivity contribution in [2.75, 3.05) is 0 Å². The van der Waals surface area contributed by atoms with Gasteiger partial charge >= 0.3 is 0 Å². The maximum absolute atomic E-state index is 13.1. The van der Waals surface area contributed by atoms with Gasteiger partial charge in [-0.3, -0.25) is 0 Å². The molecule has 0 heterocycles. The van der Waals surface area contributed by atoms with E-state index in [-0.39, 0.29) is 0 Å². The van der Waals surface area contributed by atoms with E-state index in [9.17, 15) is 9.50 Å². The van der Waals surface area contributed by atoms with E-state index in [1.54, 1.807) is 19.9 Å². The van der Waals surface area contributed by atoms with E-state index in [0.717, 1.165) is 0 Å². The van der Waals surface area contributed by atoms with Crippen LogP contribution >= 0.6 is 0 Å². The minimum atomic E-state index is -1.36. The SMILES string of the molecule is CCC(C)(C#N)C(C)(O)c1cccc(F)c1. The molecule has 0 bridgehead atoms. The monoisotopic (exact) mass is 221 g/mol. The van der Waals surface area contributed by atoms with Gasteiger partial charge in [-0.15, -0.1) is 0 Å². The van der Waals surface area contributed by atoms with Gasteiger partial charge in [0.05, 0.1) is 11.5 Å². The summed E-state index contributed by atoms with van der Waals surface area (Å²) >= 11 is 0. The number of aliphatic hydroxyl groups is 1. The van der Waals surface area contributed by atoms with E-state index in [2.05, 4.69) is 6.07 Å². The van der Waals surface area contributed by atoms with Crippen molar-refractivity contribution in [2.24, 2.45) is 5.41 Å². The average Bonchev–Trinajstić information content (AvgIpc) is 2.27. The fourth-order valence-electron chi connectivity index (χ4n) is 1.64. The van der Waals surface area contributed by atoms with Gasteiger partial charge in [0.15, 0.2) is 0 Å². The van der Waals surface area contributed by atoms with Crippen molar-refractivity contribution < 1.29 is 9.50 Å². The first-order chi connectivity index (χ1) is 7.37. The molecule has 1 aromatic rings. The molecule has 0 saturated carbocycles. The van der Waals surface area contributed by atoms with E-state index in [1.807, 2.05) is 6.92 Å². The van der Waals surface area contributed by atoms with E-state index in [4.69, 9.17) is 5.26 Å². The maximum atomic E-state index is 13.1. The molecule has 0 radical (unpaired) electrons. The number of hydrogen-bond acceptors (Lipinski definition) is 2. The quantitative estimate of drug-likeness (QED) is 0.852. The number of hydrogen-bond donors (Lipinski definition) is 1. The van der Waals surface area contributed by atoms with Crippen LogP contribution in [-0.2, 0) is 5.60 Å². The third-order valence-electron chi connectivity index (χ3n) is 3.42. The van der Waals surface area contributed by atoms with Gasteiger partial charge in [0.1, 0.15) is 11.4 Å². The lowest BCUT2D eigenvalue weighted by molar-refractivity contribution is -0.0382. The molecule has 1 N–H and O–H groups in total. The minimum Gasteiger partial charge on any atom is -0.384 e. The molecule has 2 atom stereocenters. The summed E-state index contributed by atoms with van der Waals surface area (Å²) in [4.78, 5) is 0. The fourth-order valence-corrected chi connectivity index (χ4v) is 1.64. The van der Waals surface area contributed by atoms with E-state index in [0.29, 0.717) is 12.0 Å². The molecule has 0 spiro atoms. The molecule has 0 fully saturated rings. The summed E-state index contributed by atoms with van der Waals surface area (Å²) in [5.41, 5.74) is -1.86. The number of nitrogens with zero attached hydrogens (tertiary/aromatic N) is 1. The molecule has 0 aliphatic carbocycles. The minimum absolute atomic E-state index is 0.408. The smallest absolute Gasteiger partial charge is 0.123 e. The van der Waals surface area contributed by atoms with Crippen LogP contribution in [0, 0.1) is 22.6 Å². The molecule has 1 aromatic carbocycles. The highest BCUT2D eigenvalue weighted by Gasteiger charge is 2.43. The first-order valence-corrected chi connectivity index (χ1v) is 5.27. The van der Waals surface area contributed by atoms with Crippen LogP contribution < -0.4 is 0 Å². The normalized spacial score (nSPS) is 18.2. The number of halogens is 1. The first kappa shape index (κ1) is 12.7. The molecule has 3 heteroatoms. The van der Waals surface area contributed by atoms with Gasteiger partial charge in [-0.1, -0.05) is 19.1 Å². The van der Waals surface area contributed by atoms with Crippen LogP contribution in [0.5, 0.6) is 0 Å². The predicted molar refractivity (Wildman–Crippen MR) is 60.0 cm³/mol. The van der Waals surface area contributed by atoms with Gasteiger partial charge in [0.2, 0.25) is 0 Å². The first-order valence-electron chi connectivity index (χ1n) is 5.27. The van der Waals surface area contributed by atoms with Crippen molar-refractivity contribution in [3.05, 3.63) is 35.6 Å². The third kappa shape index (κ3) is 1.94. The Kier molecular flexibility index (Phi) is 3.35. The molecule has 0 aromatic heterocycles. The van der Waals surface area contributed by atoms with E-state index in [1.165, 1.54) is 18.2 Å². The Morgan fingerprint density at radius 1 is 1.44 bits per heavy atom. The van der Waals surface area contributed by atoms with Crippen molar-refractivity contribution in [3.8, 4) is 6.07 Å². The van der Waals surface area contributed by atoms with Crippen LogP contribution in [0.2, 0.25) is 0 Å². The Balaban J connectivity index is 3.26. The van der Waals surface area contributed by atoms with Gasteiger partial charge in [-0.25, -0.2) is 4.39 Å². The molecule has 2 unspecified atom stereocenters. The van der Waals surface area contributed by atoms with Crippen LogP contribution in [0.15, 0.2) is 24.3 Å². The van der Waals surface area contributed by atoms with Gasteiger partial charge in [-0.05, 0) is 38.0 Å². The number of benzene rings is 1. The average molecular weight is 221 g/mol. The van der Waals surface area contributed by atoms with Crippen molar-refractivity contribution in [3.63, 3.8) is 0 Å². The predicted octanol–water partition coefficient (Wildman–Crippen LogP) is 2.97. The summed E-state index contributed by atoms with van der Waals surface area (Å²) in [6.07, 6.45) is 0.493. The zero-order chi connectivity index (χ0) is 12.4. The standard InChI is InChI=1S/C13H16FNO/c1-4-12(2,9-15)13(3,16)10-6-5-7-11(14)8-10/h5-8,16H,4H2,1-3H3. The summed E-state index contributed by atoms with van der Waals surface area (Å²) in [5.74, 6) is -0.408. The zero-order valence-corrected chi connectivity index (χ0v) is 9.79. The van der Waals surface area contributed by atoms with Gasteiger partial charge in [0.25, 0.3) is 0 Å². The highest BCUT2D eigenvalue weighted by Crippen LogP contribution is 2.41. The second kappa shape index (κ2) is 4.23. The van der Waals surface area contributed by atoms with Gasteiger partial charge in [-0.2, -0.15) is 5.26 Å². The summed E-state index contributed by atoms with van der Waals surface area (Å²) in [5, 5.41) is 19.6. The Hall–Kier alpha value is -1.40. The number of rotatable bonds is 3. The van der Waals surface area contributed by atoms with Crippen molar-refractivity contribution in [1.29, 1.82) is 5.26 Å².